The predicted molar refractivity (Wildman–Crippen MR) is 128 cm³/mol. The van der Waals surface area contributed by atoms with Crippen LogP contribution in [-0.2, 0) is 19.1 Å². The van der Waals surface area contributed by atoms with E-state index in [0.29, 0.717) is 0 Å². The lowest BCUT2D eigenvalue weighted by Gasteiger charge is -2.48. The van der Waals surface area contributed by atoms with Crippen molar-refractivity contribution in [3.63, 3.8) is 0 Å². The summed E-state index contributed by atoms with van der Waals surface area (Å²) in [5.74, 6) is -5.20. The van der Waals surface area contributed by atoms with Gasteiger partial charge in [0.2, 0.25) is 5.79 Å². The molecule has 2 heterocycles. The molecule has 3 rings (SSSR count). The number of Topliss-reactive ketones (excluding diaryl/α,β-unsaturated/α-hetero) is 1. The molecule has 0 spiro atoms. The number of ether oxygens (including phenoxy) is 2. The molecule has 2 aliphatic rings. The van der Waals surface area contributed by atoms with Gasteiger partial charge in [-0.25, -0.2) is 40.0 Å². The second-order valence-corrected chi connectivity index (χ2v) is 8.16. The molecule has 0 aliphatic carbocycles. The molecule has 14 nitrogen and oxygen atoms in total. The lowest BCUT2D eigenvalue weighted by atomic mass is 9.66. The molecule has 37 heavy (non-hydrogen) atoms. The molecular formula is C23H29N7O7. The van der Waals surface area contributed by atoms with Crippen LogP contribution >= 0.6 is 0 Å². The van der Waals surface area contributed by atoms with Crippen molar-refractivity contribution in [1.29, 1.82) is 0 Å². The Hall–Kier alpha value is -4.59. The molecule has 0 saturated carbocycles. The van der Waals surface area contributed by atoms with Gasteiger partial charge in [0, 0.05) is 17.0 Å². The Morgan fingerprint density at radius 3 is 1.57 bits per heavy atom. The van der Waals surface area contributed by atoms with Crippen molar-refractivity contribution in [3.8, 4) is 0 Å². The Labute approximate surface area is 212 Å². The Morgan fingerprint density at radius 2 is 1.22 bits per heavy atom. The highest BCUT2D eigenvalue weighted by Crippen LogP contribution is 2.61. The molecule has 14 heteroatoms. The first-order valence-electron chi connectivity index (χ1n) is 11.3. The van der Waals surface area contributed by atoms with Crippen LogP contribution < -0.4 is 28.1 Å². The summed E-state index contributed by atoms with van der Waals surface area (Å²) in [5.41, 5.74) is 19.1. The van der Waals surface area contributed by atoms with Gasteiger partial charge in [0.05, 0.1) is 24.4 Å². The average Bonchev–Trinajstić information content (AvgIpc) is 3.14. The van der Waals surface area contributed by atoms with Gasteiger partial charge in [-0.15, -0.1) is 0 Å². The number of rotatable bonds is 8. The van der Waals surface area contributed by atoms with Gasteiger partial charge in [-0.05, 0) is 27.7 Å². The number of hydrogen-bond acceptors (Lipinski definition) is 10. The number of hydrogen-bond donors (Lipinski definition) is 5. The second-order valence-electron chi connectivity index (χ2n) is 8.16. The molecule has 0 unspecified atom stereocenters. The van der Waals surface area contributed by atoms with Crippen LogP contribution in [0, 0.1) is 5.41 Å². The third kappa shape index (κ3) is 3.81. The highest BCUT2D eigenvalue weighted by atomic mass is 16.5. The summed E-state index contributed by atoms with van der Waals surface area (Å²) in [5, 5.41) is 1.85. The number of benzene rings is 1. The molecule has 0 fully saturated rings. The topological polar surface area (TPSA) is 212 Å². The summed E-state index contributed by atoms with van der Waals surface area (Å²) < 4.78 is 10.5. The predicted octanol–water partition coefficient (Wildman–Crippen LogP) is -0.0598. The Kier molecular flexibility index (Phi) is 7.16. The molecule has 8 N–H and O–H groups in total. The zero-order valence-electron chi connectivity index (χ0n) is 20.8. The van der Waals surface area contributed by atoms with Crippen molar-refractivity contribution in [1.82, 2.24) is 20.9 Å². The minimum Gasteiger partial charge on any atom is -0.463 e. The molecule has 0 aromatic heterocycles. The van der Waals surface area contributed by atoms with Crippen molar-refractivity contribution in [2.45, 2.75) is 33.5 Å². The Bertz CT molecular complexity index is 1160. The van der Waals surface area contributed by atoms with Crippen molar-refractivity contribution in [2.75, 3.05) is 13.2 Å². The number of nitrogens with one attached hydrogen (secondary N) is 2. The highest BCUT2D eigenvalue weighted by molar-refractivity contribution is 6.18. The van der Waals surface area contributed by atoms with Gasteiger partial charge in [-0.1, -0.05) is 30.3 Å². The summed E-state index contributed by atoms with van der Waals surface area (Å²) in [6.07, 6.45) is 0. The van der Waals surface area contributed by atoms with E-state index in [2.05, 4.69) is 10.9 Å². The number of urea groups is 2. The van der Waals surface area contributed by atoms with Gasteiger partial charge in [-0.2, -0.15) is 0 Å². The number of primary amides is 2. The maximum absolute atomic E-state index is 14.5. The number of hydrazine groups is 2. The third-order valence-corrected chi connectivity index (χ3v) is 6.16. The minimum absolute atomic E-state index is 0.0587. The molecule has 4 amide bonds. The minimum atomic E-state index is -2.40. The van der Waals surface area contributed by atoms with Crippen molar-refractivity contribution < 1.29 is 33.4 Å². The maximum atomic E-state index is 14.5. The lowest BCUT2D eigenvalue weighted by molar-refractivity contribution is -0.142. The van der Waals surface area contributed by atoms with E-state index in [4.69, 9.17) is 26.7 Å². The van der Waals surface area contributed by atoms with Crippen LogP contribution in [0.1, 0.15) is 38.1 Å². The SMILES string of the molecule is CCOC(=O)C1=C(C)N(NC(N)=O)C2(N)N(NC(N)=O)C(C)=C(C(=O)OCC)C12C(=O)c1ccccc1. The van der Waals surface area contributed by atoms with Gasteiger partial charge < -0.3 is 20.9 Å². The summed E-state index contributed by atoms with van der Waals surface area (Å²) in [6.45, 7) is 5.66. The summed E-state index contributed by atoms with van der Waals surface area (Å²) in [7, 11) is 0. The third-order valence-electron chi connectivity index (χ3n) is 6.16. The first-order chi connectivity index (χ1) is 17.4. The van der Waals surface area contributed by atoms with Crippen LogP contribution in [-0.4, -0.2) is 58.8 Å². The van der Waals surface area contributed by atoms with Gasteiger partial charge in [0.25, 0.3) is 0 Å². The monoisotopic (exact) mass is 515 g/mol. The summed E-state index contributed by atoms with van der Waals surface area (Å²) in [6, 6.07) is 5.51. The molecule has 1 aromatic rings. The lowest BCUT2D eigenvalue weighted by Crippen LogP contribution is -2.76. The molecule has 198 valence electrons. The number of nitrogens with two attached hydrogens (primary N) is 3. The van der Waals surface area contributed by atoms with E-state index in [1.165, 1.54) is 26.0 Å². The normalized spacial score (nSPS) is 22.5. The fraction of sp³-hybridized carbons (Fsp3) is 0.348. The first-order valence-corrected chi connectivity index (χ1v) is 11.3. The standard InChI is InChI=1S/C23H29N7O7/c1-5-36-18(32)15-12(3)29(27-20(24)34)23(26)22(15,17(31)14-10-8-7-9-11-14)16(19(33)37-6-2)13(4)30(23)28-21(25)35/h7-11H,5-6,26H2,1-4H3,(H3,24,27,34)(H3,25,28,35). The van der Waals surface area contributed by atoms with E-state index >= 15 is 0 Å². The Balaban J connectivity index is 2.55. The van der Waals surface area contributed by atoms with E-state index in [0.717, 1.165) is 10.0 Å². The van der Waals surface area contributed by atoms with Gasteiger partial charge in [0.15, 0.2) is 11.2 Å². The van der Waals surface area contributed by atoms with Crippen molar-refractivity contribution in [3.05, 3.63) is 58.4 Å². The zero-order chi connectivity index (χ0) is 27.7. The van der Waals surface area contributed by atoms with Crippen LogP contribution in [0.15, 0.2) is 52.9 Å². The van der Waals surface area contributed by atoms with Crippen LogP contribution in [0.2, 0.25) is 0 Å². The summed E-state index contributed by atoms with van der Waals surface area (Å²) >= 11 is 0. The quantitative estimate of drug-likeness (QED) is 0.230. The van der Waals surface area contributed by atoms with Gasteiger partial charge in [0.1, 0.15) is 0 Å². The number of carbonyl (C=O) groups is 5. The van der Waals surface area contributed by atoms with Crippen LogP contribution in [0.5, 0.6) is 0 Å². The van der Waals surface area contributed by atoms with Crippen molar-refractivity contribution >= 4 is 29.8 Å². The average molecular weight is 516 g/mol. The summed E-state index contributed by atoms with van der Waals surface area (Å²) in [4.78, 5) is 65.7. The molecule has 0 bridgehead atoms. The van der Waals surface area contributed by atoms with Crippen LogP contribution in [0.4, 0.5) is 9.59 Å². The van der Waals surface area contributed by atoms with Crippen LogP contribution in [0.25, 0.3) is 0 Å². The number of esters is 2. The van der Waals surface area contributed by atoms with Gasteiger partial charge in [-0.3, -0.25) is 10.5 Å². The van der Waals surface area contributed by atoms with Crippen LogP contribution in [0.3, 0.4) is 0 Å². The fourth-order valence-corrected chi connectivity index (χ4v) is 4.97. The largest absolute Gasteiger partial charge is 0.463 e. The van der Waals surface area contributed by atoms with Gasteiger partial charge >= 0.3 is 24.0 Å². The smallest absolute Gasteiger partial charge is 0.337 e. The second kappa shape index (κ2) is 9.81. The van der Waals surface area contributed by atoms with E-state index in [1.54, 1.807) is 32.0 Å². The molecule has 0 radical (unpaired) electrons. The fourth-order valence-electron chi connectivity index (χ4n) is 4.97. The number of carbonyl (C=O) groups excluding carboxylic acids is 5. The van der Waals surface area contributed by atoms with E-state index in [-0.39, 0.29) is 41.3 Å². The van der Waals surface area contributed by atoms with E-state index < -0.39 is 41.0 Å². The van der Waals surface area contributed by atoms with Crippen molar-refractivity contribution in [2.24, 2.45) is 22.6 Å². The number of ketones is 1. The first kappa shape index (κ1) is 27.0. The number of nitrogens with zero attached hydrogens (tertiary/aromatic N) is 2. The molecule has 1 aromatic carbocycles. The zero-order valence-corrected chi connectivity index (χ0v) is 20.8. The Morgan fingerprint density at radius 1 is 0.811 bits per heavy atom. The molecular weight excluding hydrogens is 486 g/mol. The molecule has 0 saturated heterocycles. The maximum Gasteiger partial charge on any atom is 0.337 e. The molecule has 0 atom stereocenters. The number of fused-ring (bicyclic) bond motifs is 1. The highest BCUT2D eigenvalue weighted by Gasteiger charge is 2.77. The molecule has 2 aliphatic heterocycles. The number of allylic oxidation sites excluding steroid dienone is 2. The van der Waals surface area contributed by atoms with E-state index in [9.17, 15) is 24.0 Å². The van der Waals surface area contributed by atoms with E-state index in [1.807, 2.05) is 0 Å². The number of amides is 4.